The summed E-state index contributed by atoms with van der Waals surface area (Å²) in [5.41, 5.74) is 1.38. The normalized spacial score (nSPS) is 11.3. The van der Waals surface area contributed by atoms with Gasteiger partial charge in [0.05, 0.1) is 11.3 Å². The summed E-state index contributed by atoms with van der Waals surface area (Å²) in [6, 6.07) is 5.64. The fourth-order valence-corrected chi connectivity index (χ4v) is 2.23. The van der Waals surface area contributed by atoms with E-state index >= 15 is 0 Å². The standard InChI is InChI=1S/C15H13BrN2O5/c1-7-5-12(20)13(15(22)23-7)8(2)17-18-14(21)10-6-9(16)3-4-11(10)19/h3-6,19-20H,1-2H3,(H,18,21)/b17-8-. The number of phenols is 1. The molecule has 0 saturated carbocycles. The van der Waals surface area contributed by atoms with E-state index in [9.17, 15) is 19.8 Å². The molecule has 23 heavy (non-hydrogen) atoms. The summed E-state index contributed by atoms with van der Waals surface area (Å²) in [5.74, 6) is -0.915. The van der Waals surface area contributed by atoms with E-state index in [4.69, 9.17) is 4.42 Å². The van der Waals surface area contributed by atoms with Gasteiger partial charge in [0.1, 0.15) is 22.8 Å². The molecule has 0 atom stereocenters. The number of carbonyl (C=O) groups is 1. The summed E-state index contributed by atoms with van der Waals surface area (Å²) in [7, 11) is 0. The van der Waals surface area contributed by atoms with Crippen LogP contribution >= 0.6 is 15.9 Å². The van der Waals surface area contributed by atoms with Crippen molar-refractivity contribution in [2.24, 2.45) is 5.10 Å². The van der Waals surface area contributed by atoms with Crippen LogP contribution in [0.4, 0.5) is 0 Å². The van der Waals surface area contributed by atoms with Crippen LogP contribution in [0, 0.1) is 6.92 Å². The van der Waals surface area contributed by atoms with E-state index in [2.05, 4.69) is 26.5 Å². The van der Waals surface area contributed by atoms with Crippen LogP contribution in [0.5, 0.6) is 11.5 Å². The van der Waals surface area contributed by atoms with E-state index in [0.29, 0.717) is 4.47 Å². The van der Waals surface area contributed by atoms with Gasteiger partial charge >= 0.3 is 5.63 Å². The Balaban J connectivity index is 2.28. The monoisotopic (exact) mass is 380 g/mol. The second-order valence-electron chi connectivity index (χ2n) is 4.70. The molecule has 0 aliphatic heterocycles. The van der Waals surface area contributed by atoms with Gasteiger partial charge in [-0.3, -0.25) is 4.79 Å². The molecule has 2 aromatic rings. The number of aromatic hydroxyl groups is 2. The molecule has 0 radical (unpaired) electrons. The smallest absolute Gasteiger partial charge is 0.348 e. The van der Waals surface area contributed by atoms with Crippen molar-refractivity contribution in [3.8, 4) is 11.5 Å². The van der Waals surface area contributed by atoms with Gasteiger partial charge in [0, 0.05) is 10.5 Å². The van der Waals surface area contributed by atoms with Crippen molar-refractivity contribution in [3.63, 3.8) is 0 Å². The Labute approximate surface area is 139 Å². The molecule has 1 amide bonds. The Morgan fingerprint density at radius 1 is 1.26 bits per heavy atom. The molecule has 0 spiro atoms. The molecule has 1 heterocycles. The number of nitrogens with zero attached hydrogens (tertiary/aromatic N) is 1. The zero-order chi connectivity index (χ0) is 17.1. The first-order chi connectivity index (χ1) is 10.8. The van der Waals surface area contributed by atoms with Crippen molar-refractivity contribution in [1.29, 1.82) is 0 Å². The Morgan fingerprint density at radius 3 is 2.61 bits per heavy atom. The molecule has 1 aromatic carbocycles. The summed E-state index contributed by atoms with van der Waals surface area (Å²) in [5, 5.41) is 23.2. The summed E-state index contributed by atoms with van der Waals surface area (Å²) >= 11 is 3.19. The minimum atomic E-state index is -0.761. The predicted octanol–water partition coefficient (Wildman–Crippen LogP) is 2.28. The molecule has 0 saturated heterocycles. The third-order valence-corrected chi connectivity index (χ3v) is 3.44. The first-order valence-corrected chi connectivity index (χ1v) is 7.26. The van der Waals surface area contributed by atoms with Gasteiger partial charge in [0.25, 0.3) is 5.91 Å². The van der Waals surface area contributed by atoms with Crippen molar-refractivity contribution in [2.45, 2.75) is 13.8 Å². The number of phenolic OH excluding ortho intramolecular Hbond substituents is 1. The van der Waals surface area contributed by atoms with Crippen molar-refractivity contribution >= 4 is 27.5 Å². The molecule has 120 valence electrons. The van der Waals surface area contributed by atoms with Gasteiger partial charge in [-0.2, -0.15) is 5.10 Å². The lowest BCUT2D eigenvalue weighted by atomic mass is 10.2. The van der Waals surface area contributed by atoms with Crippen LogP contribution in [0.25, 0.3) is 0 Å². The lowest BCUT2D eigenvalue weighted by Gasteiger charge is -2.06. The summed E-state index contributed by atoms with van der Waals surface area (Å²) in [4.78, 5) is 23.8. The SMILES string of the molecule is C/C(=N/NC(=O)c1cc(Br)ccc1O)c1c(O)cc(C)oc1=O. The number of nitrogens with one attached hydrogen (secondary N) is 1. The summed E-state index contributed by atoms with van der Waals surface area (Å²) in [6.45, 7) is 2.96. The number of aryl methyl sites for hydroxylation is 1. The number of hydrogen-bond acceptors (Lipinski definition) is 6. The fraction of sp³-hybridized carbons (Fsp3) is 0.133. The highest BCUT2D eigenvalue weighted by molar-refractivity contribution is 9.10. The quantitative estimate of drug-likeness (QED) is 0.558. The third-order valence-electron chi connectivity index (χ3n) is 2.94. The molecule has 8 heteroatoms. The maximum atomic E-state index is 12.0. The van der Waals surface area contributed by atoms with Gasteiger partial charge in [0.2, 0.25) is 0 Å². The number of carbonyl (C=O) groups excluding carboxylic acids is 1. The van der Waals surface area contributed by atoms with E-state index in [0.717, 1.165) is 0 Å². The molecule has 0 aliphatic rings. The second-order valence-corrected chi connectivity index (χ2v) is 5.62. The number of rotatable bonds is 3. The maximum Gasteiger partial charge on any atom is 0.348 e. The molecular formula is C15H13BrN2O5. The highest BCUT2D eigenvalue weighted by atomic mass is 79.9. The van der Waals surface area contributed by atoms with Crippen molar-refractivity contribution < 1.29 is 19.4 Å². The zero-order valence-corrected chi connectivity index (χ0v) is 13.8. The number of halogens is 1. The van der Waals surface area contributed by atoms with Crippen LogP contribution < -0.4 is 11.1 Å². The van der Waals surface area contributed by atoms with Crippen LogP contribution in [-0.2, 0) is 0 Å². The van der Waals surface area contributed by atoms with Gasteiger partial charge in [-0.25, -0.2) is 10.2 Å². The summed E-state index contributed by atoms with van der Waals surface area (Å²) in [6.07, 6.45) is 0. The number of hydrogen-bond donors (Lipinski definition) is 3. The molecule has 3 N–H and O–H groups in total. The first-order valence-electron chi connectivity index (χ1n) is 6.47. The molecular weight excluding hydrogens is 368 g/mol. The van der Waals surface area contributed by atoms with Crippen LogP contribution in [0.1, 0.15) is 28.6 Å². The Bertz CT molecular complexity index is 857. The lowest BCUT2D eigenvalue weighted by molar-refractivity contribution is 0.0952. The number of hydrazone groups is 1. The zero-order valence-electron chi connectivity index (χ0n) is 12.3. The van der Waals surface area contributed by atoms with Crippen LogP contribution in [0.2, 0.25) is 0 Å². The molecule has 0 unspecified atom stereocenters. The maximum absolute atomic E-state index is 12.0. The minimum absolute atomic E-state index is 0.0103. The molecule has 2 rings (SSSR count). The number of benzene rings is 1. The van der Waals surface area contributed by atoms with Crippen LogP contribution in [0.3, 0.4) is 0 Å². The highest BCUT2D eigenvalue weighted by Crippen LogP contribution is 2.21. The molecule has 0 bridgehead atoms. The van der Waals surface area contributed by atoms with Gasteiger partial charge in [-0.1, -0.05) is 15.9 Å². The molecule has 0 fully saturated rings. The van der Waals surface area contributed by atoms with E-state index in [1.807, 2.05) is 0 Å². The summed E-state index contributed by atoms with van der Waals surface area (Å²) < 4.78 is 5.49. The Kier molecular flexibility index (Phi) is 4.85. The lowest BCUT2D eigenvalue weighted by Crippen LogP contribution is -2.21. The molecule has 0 aliphatic carbocycles. The van der Waals surface area contributed by atoms with Gasteiger partial charge in [-0.15, -0.1) is 0 Å². The van der Waals surface area contributed by atoms with Crippen LogP contribution in [0.15, 0.2) is 43.1 Å². The predicted molar refractivity (Wildman–Crippen MR) is 86.9 cm³/mol. The molecule has 7 nitrogen and oxygen atoms in total. The van der Waals surface area contributed by atoms with Gasteiger partial charge in [-0.05, 0) is 32.0 Å². The van der Waals surface area contributed by atoms with Crippen molar-refractivity contribution in [3.05, 3.63) is 56.0 Å². The Morgan fingerprint density at radius 2 is 1.96 bits per heavy atom. The average molecular weight is 381 g/mol. The van der Waals surface area contributed by atoms with Gasteiger partial charge < -0.3 is 14.6 Å². The second kappa shape index (κ2) is 6.66. The van der Waals surface area contributed by atoms with E-state index in [1.54, 1.807) is 6.07 Å². The topological polar surface area (TPSA) is 112 Å². The first kappa shape index (κ1) is 16.8. The molecule has 1 aromatic heterocycles. The fourth-order valence-electron chi connectivity index (χ4n) is 1.87. The van der Waals surface area contributed by atoms with E-state index in [1.165, 1.54) is 32.0 Å². The number of amides is 1. The Hall–Kier alpha value is -2.61. The average Bonchev–Trinajstić information content (AvgIpc) is 2.46. The minimum Gasteiger partial charge on any atom is -0.507 e. The highest BCUT2D eigenvalue weighted by Gasteiger charge is 2.15. The van der Waals surface area contributed by atoms with Crippen LogP contribution in [-0.4, -0.2) is 21.8 Å². The van der Waals surface area contributed by atoms with Gasteiger partial charge in [0.15, 0.2) is 0 Å². The third kappa shape index (κ3) is 3.78. The van der Waals surface area contributed by atoms with E-state index in [-0.39, 0.29) is 34.1 Å². The largest absolute Gasteiger partial charge is 0.507 e. The van der Waals surface area contributed by atoms with E-state index < -0.39 is 11.5 Å². The van der Waals surface area contributed by atoms with Crippen molar-refractivity contribution in [1.82, 2.24) is 5.43 Å². The van der Waals surface area contributed by atoms with Crippen molar-refractivity contribution in [2.75, 3.05) is 0 Å².